The summed E-state index contributed by atoms with van der Waals surface area (Å²) >= 11 is 0. The molecule has 1 aromatic heterocycles. The molecular formula is C15H18N2. The number of hydrogen-bond donors (Lipinski definition) is 1. The fourth-order valence-corrected chi connectivity index (χ4v) is 2.10. The summed E-state index contributed by atoms with van der Waals surface area (Å²) in [5.74, 6) is 0.637. The third-order valence-electron chi connectivity index (χ3n) is 3.15. The molecule has 1 aromatic carbocycles. The molecule has 0 aliphatic rings. The molecule has 0 spiro atoms. The van der Waals surface area contributed by atoms with Crippen LogP contribution in [0.3, 0.4) is 0 Å². The average molecular weight is 226 g/mol. The summed E-state index contributed by atoms with van der Waals surface area (Å²) in [7, 11) is 0. The van der Waals surface area contributed by atoms with Crippen LogP contribution in [0.25, 0.3) is 0 Å². The van der Waals surface area contributed by atoms with E-state index >= 15 is 0 Å². The molecule has 0 amide bonds. The molecule has 2 N–H and O–H groups in total. The normalized spacial score (nSPS) is 10.5. The van der Waals surface area contributed by atoms with Crippen LogP contribution in [0.4, 0.5) is 5.82 Å². The number of aryl methyl sites for hydroxylation is 3. The molecule has 0 aliphatic heterocycles. The Kier molecular flexibility index (Phi) is 3.14. The lowest BCUT2D eigenvalue weighted by Crippen LogP contribution is -2.02. The molecule has 0 radical (unpaired) electrons. The van der Waals surface area contributed by atoms with Crippen molar-refractivity contribution in [3.63, 3.8) is 0 Å². The Labute approximate surface area is 103 Å². The predicted octanol–water partition coefficient (Wildman–Crippen LogP) is 3.18. The van der Waals surface area contributed by atoms with Gasteiger partial charge in [0.25, 0.3) is 0 Å². The SMILES string of the molecule is Cc1cnc(N)c(Cc2c(C)cccc2C)c1. The molecule has 88 valence electrons. The van der Waals surface area contributed by atoms with Crippen molar-refractivity contribution in [2.24, 2.45) is 0 Å². The van der Waals surface area contributed by atoms with Crippen LogP contribution in [-0.4, -0.2) is 4.98 Å². The van der Waals surface area contributed by atoms with Crippen molar-refractivity contribution < 1.29 is 0 Å². The Morgan fingerprint density at radius 3 is 2.41 bits per heavy atom. The monoisotopic (exact) mass is 226 g/mol. The minimum Gasteiger partial charge on any atom is -0.383 e. The van der Waals surface area contributed by atoms with Gasteiger partial charge in [0, 0.05) is 12.6 Å². The number of hydrogen-bond acceptors (Lipinski definition) is 2. The number of aromatic nitrogens is 1. The zero-order valence-electron chi connectivity index (χ0n) is 10.6. The maximum Gasteiger partial charge on any atom is 0.126 e. The number of nitrogens with two attached hydrogens (primary N) is 1. The van der Waals surface area contributed by atoms with Crippen LogP contribution in [0, 0.1) is 20.8 Å². The summed E-state index contributed by atoms with van der Waals surface area (Å²) < 4.78 is 0. The molecule has 0 aliphatic carbocycles. The van der Waals surface area contributed by atoms with Crippen molar-refractivity contribution in [2.75, 3.05) is 5.73 Å². The minimum absolute atomic E-state index is 0.637. The van der Waals surface area contributed by atoms with E-state index in [1.807, 2.05) is 13.1 Å². The molecule has 0 unspecified atom stereocenters. The third kappa shape index (κ3) is 2.47. The molecule has 0 saturated heterocycles. The highest BCUT2D eigenvalue weighted by molar-refractivity contribution is 5.46. The Balaban J connectivity index is 2.41. The summed E-state index contributed by atoms with van der Waals surface area (Å²) in [6.07, 6.45) is 2.67. The quantitative estimate of drug-likeness (QED) is 0.854. The zero-order chi connectivity index (χ0) is 12.4. The number of nitrogen functional groups attached to an aromatic ring is 1. The van der Waals surface area contributed by atoms with Crippen LogP contribution in [0.2, 0.25) is 0 Å². The molecule has 2 nitrogen and oxygen atoms in total. The second-order valence-corrected chi connectivity index (χ2v) is 4.60. The molecular weight excluding hydrogens is 208 g/mol. The van der Waals surface area contributed by atoms with E-state index in [1.54, 1.807) is 0 Å². The fraction of sp³-hybridized carbons (Fsp3) is 0.267. The molecule has 17 heavy (non-hydrogen) atoms. The number of benzene rings is 1. The first-order chi connectivity index (χ1) is 8.08. The first-order valence-corrected chi connectivity index (χ1v) is 5.84. The smallest absolute Gasteiger partial charge is 0.126 e. The fourth-order valence-electron chi connectivity index (χ4n) is 2.10. The van der Waals surface area contributed by atoms with Gasteiger partial charge in [-0.15, -0.1) is 0 Å². The van der Waals surface area contributed by atoms with Gasteiger partial charge in [-0.05, 0) is 48.6 Å². The second-order valence-electron chi connectivity index (χ2n) is 4.60. The maximum absolute atomic E-state index is 5.93. The van der Waals surface area contributed by atoms with E-state index in [2.05, 4.69) is 43.1 Å². The van der Waals surface area contributed by atoms with E-state index in [4.69, 9.17) is 5.73 Å². The van der Waals surface area contributed by atoms with Gasteiger partial charge in [-0.3, -0.25) is 0 Å². The van der Waals surface area contributed by atoms with Gasteiger partial charge in [0.05, 0.1) is 0 Å². The van der Waals surface area contributed by atoms with Gasteiger partial charge in [-0.1, -0.05) is 24.3 Å². The molecule has 1 heterocycles. The van der Waals surface area contributed by atoms with Gasteiger partial charge >= 0.3 is 0 Å². The van der Waals surface area contributed by atoms with Crippen LogP contribution >= 0.6 is 0 Å². The number of nitrogens with zero attached hydrogens (tertiary/aromatic N) is 1. The lowest BCUT2D eigenvalue weighted by atomic mass is 9.96. The average Bonchev–Trinajstić information content (AvgIpc) is 2.28. The minimum atomic E-state index is 0.637. The lowest BCUT2D eigenvalue weighted by Gasteiger charge is -2.11. The largest absolute Gasteiger partial charge is 0.383 e. The van der Waals surface area contributed by atoms with E-state index in [-0.39, 0.29) is 0 Å². The van der Waals surface area contributed by atoms with Gasteiger partial charge in [-0.25, -0.2) is 4.98 Å². The third-order valence-corrected chi connectivity index (χ3v) is 3.15. The van der Waals surface area contributed by atoms with Gasteiger partial charge in [0.2, 0.25) is 0 Å². The van der Waals surface area contributed by atoms with Gasteiger partial charge in [0.15, 0.2) is 0 Å². The number of anilines is 1. The standard InChI is InChI=1S/C15H18N2/c1-10-7-13(15(16)17-9-10)8-14-11(2)5-4-6-12(14)3/h4-7,9H,8H2,1-3H3,(H2,16,17). The van der Waals surface area contributed by atoms with Crippen molar-refractivity contribution in [3.05, 3.63) is 58.3 Å². The van der Waals surface area contributed by atoms with Gasteiger partial charge in [-0.2, -0.15) is 0 Å². The second kappa shape index (κ2) is 4.58. The first-order valence-electron chi connectivity index (χ1n) is 5.84. The summed E-state index contributed by atoms with van der Waals surface area (Å²) in [5.41, 5.74) is 12.2. The molecule has 2 aromatic rings. The van der Waals surface area contributed by atoms with E-state index in [0.29, 0.717) is 5.82 Å². The van der Waals surface area contributed by atoms with Gasteiger partial charge < -0.3 is 5.73 Å². The Morgan fingerprint density at radius 1 is 1.12 bits per heavy atom. The highest BCUT2D eigenvalue weighted by Gasteiger charge is 2.07. The topological polar surface area (TPSA) is 38.9 Å². The van der Waals surface area contributed by atoms with Crippen molar-refractivity contribution in [1.29, 1.82) is 0 Å². The number of pyridine rings is 1. The molecule has 0 atom stereocenters. The van der Waals surface area contributed by atoms with Crippen molar-refractivity contribution in [2.45, 2.75) is 27.2 Å². The molecule has 0 saturated carbocycles. The molecule has 2 heteroatoms. The summed E-state index contributed by atoms with van der Waals surface area (Å²) in [4.78, 5) is 4.21. The van der Waals surface area contributed by atoms with Crippen LogP contribution in [0.5, 0.6) is 0 Å². The summed E-state index contributed by atoms with van der Waals surface area (Å²) in [5, 5.41) is 0. The van der Waals surface area contributed by atoms with Crippen molar-refractivity contribution >= 4 is 5.82 Å². The van der Waals surface area contributed by atoms with Crippen LogP contribution in [0.15, 0.2) is 30.5 Å². The summed E-state index contributed by atoms with van der Waals surface area (Å²) in [6, 6.07) is 8.49. The Hall–Kier alpha value is -1.83. The Bertz CT molecular complexity index is 524. The van der Waals surface area contributed by atoms with Crippen LogP contribution in [-0.2, 0) is 6.42 Å². The number of rotatable bonds is 2. The van der Waals surface area contributed by atoms with E-state index in [9.17, 15) is 0 Å². The zero-order valence-corrected chi connectivity index (χ0v) is 10.6. The molecule has 2 rings (SSSR count). The summed E-state index contributed by atoms with van der Waals surface area (Å²) in [6.45, 7) is 6.32. The highest BCUT2D eigenvalue weighted by atomic mass is 14.8. The Morgan fingerprint density at radius 2 is 1.76 bits per heavy atom. The molecule has 0 fully saturated rings. The van der Waals surface area contributed by atoms with Crippen LogP contribution < -0.4 is 5.73 Å². The first kappa shape index (κ1) is 11.6. The molecule has 0 bridgehead atoms. The van der Waals surface area contributed by atoms with Crippen LogP contribution in [0.1, 0.15) is 27.8 Å². The van der Waals surface area contributed by atoms with E-state index < -0.39 is 0 Å². The van der Waals surface area contributed by atoms with Crippen molar-refractivity contribution in [1.82, 2.24) is 4.98 Å². The van der Waals surface area contributed by atoms with E-state index in [1.165, 1.54) is 16.7 Å². The van der Waals surface area contributed by atoms with E-state index in [0.717, 1.165) is 17.5 Å². The maximum atomic E-state index is 5.93. The van der Waals surface area contributed by atoms with Crippen molar-refractivity contribution in [3.8, 4) is 0 Å². The predicted molar refractivity (Wildman–Crippen MR) is 72.1 cm³/mol. The lowest BCUT2D eigenvalue weighted by molar-refractivity contribution is 1.09. The highest BCUT2D eigenvalue weighted by Crippen LogP contribution is 2.21. The van der Waals surface area contributed by atoms with Gasteiger partial charge in [0.1, 0.15) is 5.82 Å².